The molecule has 3 saturated carbocycles. The van der Waals surface area contributed by atoms with Crippen molar-refractivity contribution in [2.24, 2.45) is 5.92 Å². The van der Waals surface area contributed by atoms with Crippen molar-refractivity contribution >= 4 is 22.7 Å². The third kappa shape index (κ3) is 3.41. The van der Waals surface area contributed by atoms with Crippen LogP contribution in [0.4, 0.5) is 11.6 Å². The number of hydrogen-bond acceptors (Lipinski definition) is 7. The number of fused-ring (bicyclic) bond motifs is 1. The van der Waals surface area contributed by atoms with Crippen LogP contribution in [0.3, 0.4) is 0 Å². The molecule has 3 fully saturated rings. The number of aromatic nitrogens is 3. The molecule has 158 valence electrons. The molecule has 0 radical (unpaired) electrons. The van der Waals surface area contributed by atoms with E-state index in [0.29, 0.717) is 29.5 Å². The van der Waals surface area contributed by atoms with Gasteiger partial charge >= 0.3 is 0 Å². The number of nitrogens with one attached hydrogen (secondary N) is 1. The fourth-order valence-corrected chi connectivity index (χ4v) is 4.49. The first-order chi connectivity index (χ1) is 15.0. The Morgan fingerprint density at radius 2 is 2.03 bits per heavy atom. The SMILES string of the molecule is CN(C)CCOc1ccc(Nc2ncc3cc(C#N)c(=O)n(C45CC(C4)C5)c3n2)cc1. The summed E-state index contributed by atoms with van der Waals surface area (Å²) in [6.07, 6.45) is 4.63. The Morgan fingerprint density at radius 3 is 2.65 bits per heavy atom. The highest BCUT2D eigenvalue weighted by Gasteiger charge is 2.59. The molecule has 0 atom stereocenters. The second-order valence-corrected chi connectivity index (χ2v) is 8.79. The van der Waals surface area contributed by atoms with Crippen LogP contribution >= 0.6 is 0 Å². The van der Waals surface area contributed by atoms with E-state index in [2.05, 4.69) is 20.2 Å². The summed E-state index contributed by atoms with van der Waals surface area (Å²) in [7, 11) is 4.02. The predicted octanol–water partition coefficient (Wildman–Crippen LogP) is 2.86. The highest BCUT2D eigenvalue weighted by atomic mass is 16.5. The number of rotatable bonds is 7. The number of nitrogens with zero attached hydrogens (tertiary/aromatic N) is 5. The Morgan fingerprint density at radius 1 is 1.29 bits per heavy atom. The summed E-state index contributed by atoms with van der Waals surface area (Å²) in [5.41, 5.74) is 1.13. The number of hydrogen-bond donors (Lipinski definition) is 1. The van der Waals surface area contributed by atoms with Crippen molar-refractivity contribution in [3.05, 3.63) is 52.4 Å². The minimum absolute atomic E-state index is 0.145. The molecule has 2 bridgehead atoms. The Balaban J connectivity index is 1.42. The molecular formula is C23H24N6O2. The number of nitriles is 1. The fourth-order valence-electron chi connectivity index (χ4n) is 4.49. The smallest absolute Gasteiger partial charge is 0.270 e. The molecular weight excluding hydrogens is 392 g/mol. The zero-order valence-electron chi connectivity index (χ0n) is 17.6. The first-order valence-electron chi connectivity index (χ1n) is 10.5. The lowest BCUT2D eigenvalue weighted by atomic mass is 9.49. The van der Waals surface area contributed by atoms with E-state index in [1.807, 2.05) is 44.4 Å². The summed E-state index contributed by atoms with van der Waals surface area (Å²) < 4.78 is 7.47. The molecule has 3 aliphatic rings. The van der Waals surface area contributed by atoms with Gasteiger partial charge < -0.3 is 15.0 Å². The Labute approximate surface area is 180 Å². The lowest BCUT2D eigenvalue weighted by Crippen LogP contribution is -2.62. The van der Waals surface area contributed by atoms with Gasteiger partial charge in [0.15, 0.2) is 0 Å². The van der Waals surface area contributed by atoms with Gasteiger partial charge in [-0.3, -0.25) is 9.36 Å². The summed E-state index contributed by atoms with van der Waals surface area (Å²) in [5, 5.41) is 13.3. The van der Waals surface area contributed by atoms with Gasteiger partial charge in [0.1, 0.15) is 29.6 Å². The van der Waals surface area contributed by atoms with Crippen LogP contribution in [-0.2, 0) is 5.54 Å². The van der Waals surface area contributed by atoms with Gasteiger partial charge in [-0.15, -0.1) is 0 Å². The van der Waals surface area contributed by atoms with Gasteiger partial charge in [0.25, 0.3) is 5.56 Å². The maximum atomic E-state index is 13.0. The van der Waals surface area contributed by atoms with E-state index < -0.39 is 0 Å². The summed E-state index contributed by atoms with van der Waals surface area (Å²) >= 11 is 0. The van der Waals surface area contributed by atoms with E-state index in [-0.39, 0.29) is 16.7 Å². The van der Waals surface area contributed by atoms with Crippen LogP contribution in [0, 0.1) is 17.2 Å². The van der Waals surface area contributed by atoms with Crippen LogP contribution in [0.15, 0.2) is 41.3 Å². The number of anilines is 2. The van der Waals surface area contributed by atoms with Gasteiger partial charge in [0.05, 0.1) is 5.54 Å². The van der Waals surface area contributed by atoms with Crippen molar-refractivity contribution < 1.29 is 4.74 Å². The normalized spacial score (nSPS) is 21.3. The van der Waals surface area contributed by atoms with E-state index in [9.17, 15) is 10.1 Å². The van der Waals surface area contributed by atoms with Crippen LogP contribution in [0.2, 0.25) is 0 Å². The van der Waals surface area contributed by atoms with Gasteiger partial charge in [-0.1, -0.05) is 0 Å². The van der Waals surface area contributed by atoms with Gasteiger partial charge in [0.2, 0.25) is 5.95 Å². The topological polar surface area (TPSA) is 96.1 Å². The van der Waals surface area contributed by atoms with Gasteiger partial charge in [-0.05, 0) is 69.6 Å². The Kier molecular flexibility index (Phi) is 4.63. The molecule has 0 aliphatic heterocycles. The van der Waals surface area contributed by atoms with Gasteiger partial charge in [0, 0.05) is 23.8 Å². The molecule has 0 saturated heterocycles. The van der Waals surface area contributed by atoms with Crippen molar-refractivity contribution in [3.63, 3.8) is 0 Å². The van der Waals surface area contributed by atoms with Crippen LogP contribution < -0.4 is 15.6 Å². The number of pyridine rings is 1. The third-order valence-electron chi connectivity index (χ3n) is 6.26. The first kappa shape index (κ1) is 19.5. The van der Waals surface area contributed by atoms with Crippen LogP contribution in [0.25, 0.3) is 11.0 Å². The minimum atomic E-state index is -0.253. The molecule has 0 spiro atoms. The Hall–Kier alpha value is -3.44. The molecule has 0 amide bonds. The number of likely N-dealkylation sites (N-methyl/N-ethyl adjacent to an activating group) is 1. The minimum Gasteiger partial charge on any atom is -0.492 e. The molecule has 2 aromatic heterocycles. The lowest BCUT2D eigenvalue weighted by Gasteiger charge is -2.62. The van der Waals surface area contributed by atoms with Crippen molar-refractivity contribution in [2.75, 3.05) is 32.6 Å². The van der Waals surface area contributed by atoms with Gasteiger partial charge in [-0.2, -0.15) is 10.2 Å². The molecule has 8 nitrogen and oxygen atoms in total. The largest absolute Gasteiger partial charge is 0.492 e. The van der Waals surface area contributed by atoms with Crippen LogP contribution in [0.1, 0.15) is 24.8 Å². The highest BCUT2D eigenvalue weighted by Crippen LogP contribution is 2.62. The summed E-state index contributed by atoms with van der Waals surface area (Å²) in [6, 6.07) is 11.2. The molecule has 1 aromatic carbocycles. The monoisotopic (exact) mass is 416 g/mol. The second kappa shape index (κ2) is 7.36. The number of ether oxygens (including phenoxy) is 1. The molecule has 2 heterocycles. The maximum Gasteiger partial charge on any atom is 0.270 e. The van der Waals surface area contributed by atoms with E-state index >= 15 is 0 Å². The Bertz CT molecular complexity index is 1220. The first-order valence-corrected chi connectivity index (χ1v) is 10.5. The molecule has 8 heteroatoms. The van der Waals surface area contributed by atoms with E-state index in [0.717, 1.165) is 37.2 Å². The van der Waals surface area contributed by atoms with Crippen molar-refractivity contribution in [3.8, 4) is 11.8 Å². The maximum absolute atomic E-state index is 13.0. The molecule has 3 aromatic rings. The van der Waals surface area contributed by atoms with Gasteiger partial charge in [-0.25, -0.2) is 4.98 Å². The van der Waals surface area contributed by atoms with E-state index in [1.54, 1.807) is 16.8 Å². The van der Waals surface area contributed by atoms with Crippen LogP contribution in [0.5, 0.6) is 5.75 Å². The van der Waals surface area contributed by atoms with Crippen molar-refractivity contribution in [2.45, 2.75) is 24.8 Å². The zero-order valence-corrected chi connectivity index (χ0v) is 17.6. The zero-order chi connectivity index (χ0) is 21.6. The third-order valence-corrected chi connectivity index (χ3v) is 6.26. The quantitative estimate of drug-likeness (QED) is 0.633. The van der Waals surface area contributed by atoms with E-state index in [1.165, 1.54) is 0 Å². The summed E-state index contributed by atoms with van der Waals surface area (Å²) in [4.78, 5) is 24.1. The fraction of sp³-hybridized carbons (Fsp3) is 0.391. The average Bonchev–Trinajstić information content (AvgIpc) is 2.68. The summed E-state index contributed by atoms with van der Waals surface area (Å²) in [5.74, 6) is 1.91. The van der Waals surface area contributed by atoms with Crippen LogP contribution in [-0.4, -0.2) is 46.7 Å². The van der Waals surface area contributed by atoms with Crippen molar-refractivity contribution in [1.82, 2.24) is 19.4 Å². The lowest BCUT2D eigenvalue weighted by molar-refractivity contribution is -0.0884. The highest BCUT2D eigenvalue weighted by molar-refractivity contribution is 5.78. The van der Waals surface area contributed by atoms with Crippen molar-refractivity contribution in [1.29, 1.82) is 5.26 Å². The molecule has 3 aliphatic carbocycles. The molecule has 31 heavy (non-hydrogen) atoms. The number of benzene rings is 1. The standard InChI is InChI=1S/C23H24N6O2/c1-28(2)7-8-31-19-5-3-18(4-6-19)26-22-25-14-17-9-16(13-24)21(30)29(20(17)27-22)23-10-15(11-23)12-23/h3-6,9,14-15H,7-8,10-12H2,1-2H3,(H,25,26,27). The molecule has 0 unspecified atom stereocenters. The second-order valence-electron chi connectivity index (χ2n) is 8.79. The molecule has 1 N–H and O–H groups in total. The predicted molar refractivity (Wildman–Crippen MR) is 118 cm³/mol. The molecule has 6 rings (SSSR count). The average molecular weight is 416 g/mol. The van der Waals surface area contributed by atoms with E-state index in [4.69, 9.17) is 4.74 Å². The summed E-state index contributed by atoms with van der Waals surface area (Å²) in [6.45, 7) is 1.47.